The molecular weight excluding hydrogens is 516 g/mol. The smallest absolute Gasteiger partial charge is 0.289 e. The highest BCUT2D eigenvalue weighted by molar-refractivity contribution is 9.10. The number of nitrogens with two attached hydrogens (primary N) is 2. The summed E-state index contributed by atoms with van der Waals surface area (Å²) in [6, 6.07) is 5.37. The number of nitrogens with zero attached hydrogens (tertiary/aromatic N) is 1. The lowest BCUT2D eigenvalue weighted by Crippen LogP contribution is -2.45. The molecule has 0 unspecified atom stereocenters. The monoisotopic (exact) mass is 535 g/mol. The van der Waals surface area contributed by atoms with Crippen LogP contribution in [0.15, 0.2) is 45.8 Å². The first-order valence-electron chi connectivity index (χ1n) is 8.97. The van der Waals surface area contributed by atoms with E-state index >= 15 is 0 Å². The van der Waals surface area contributed by atoms with Crippen LogP contribution in [0.5, 0.6) is 11.5 Å². The van der Waals surface area contributed by atoms with Crippen LogP contribution in [-0.4, -0.2) is 42.5 Å². The van der Waals surface area contributed by atoms with Gasteiger partial charge in [0.05, 0.1) is 10.9 Å². The van der Waals surface area contributed by atoms with Gasteiger partial charge < -0.3 is 21.5 Å². The summed E-state index contributed by atoms with van der Waals surface area (Å²) in [5, 5.41) is 19.4. The Labute approximate surface area is 190 Å². The van der Waals surface area contributed by atoms with Gasteiger partial charge >= 0.3 is 0 Å². The van der Waals surface area contributed by atoms with Gasteiger partial charge in [0.25, 0.3) is 15.9 Å². The molecule has 0 saturated carbocycles. The number of hydrogen-bond donors (Lipinski definition) is 5. The van der Waals surface area contributed by atoms with Gasteiger partial charge in [-0.15, -0.1) is 4.47 Å². The Morgan fingerprint density at radius 1 is 1.25 bits per heavy atom. The second-order valence-corrected chi connectivity index (χ2v) is 9.13. The van der Waals surface area contributed by atoms with Crippen molar-refractivity contribution in [3.63, 3.8) is 0 Å². The number of nitrogens with one attached hydrogen (secondary N) is 2. The van der Waals surface area contributed by atoms with Crippen LogP contribution in [0.25, 0.3) is 0 Å². The minimum atomic E-state index is -5.02. The molecule has 0 aliphatic heterocycles. The standard InChI is InChI=1S/C18H20BrF2N5O5S/c19-10-3-5-11(6-4-10)31-16-13(20)8-12(9-14(16)21)32(29,30)26(28)17(27)15(22)2-1-7-25-18(23)24/h3-6,8-9,15,28H,1-2,7,22H2,(H4,23,24,25)/t15-/m1/s1. The molecule has 1 atom stereocenters. The van der Waals surface area contributed by atoms with E-state index in [1.165, 1.54) is 12.1 Å². The van der Waals surface area contributed by atoms with Crippen molar-refractivity contribution in [3.05, 3.63) is 52.5 Å². The molecule has 10 nitrogen and oxygen atoms in total. The fourth-order valence-corrected chi connectivity index (χ4v) is 3.77. The zero-order chi connectivity index (χ0) is 24.1. The molecule has 0 spiro atoms. The molecule has 0 fully saturated rings. The van der Waals surface area contributed by atoms with Crippen molar-refractivity contribution >= 4 is 37.8 Å². The average molecular weight is 536 g/mol. The fourth-order valence-electron chi connectivity index (χ4n) is 2.43. The SMILES string of the molecule is N=C(N)NCCC[C@@H](N)C(=O)N(O)S(=O)(=O)c1cc(F)c(Oc2ccc(Br)cc2)c(F)c1. The summed E-state index contributed by atoms with van der Waals surface area (Å²) < 4.78 is 58.9. The predicted molar refractivity (Wildman–Crippen MR) is 114 cm³/mol. The van der Waals surface area contributed by atoms with Crippen LogP contribution in [0, 0.1) is 17.0 Å². The molecule has 1 amide bonds. The highest BCUT2D eigenvalue weighted by Gasteiger charge is 2.33. The summed E-state index contributed by atoms with van der Waals surface area (Å²) in [6.07, 6.45) is 0.167. The number of hydrogen-bond acceptors (Lipinski definition) is 7. The Kier molecular flexibility index (Phi) is 8.49. The molecule has 0 heterocycles. The molecule has 14 heteroatoms. The maximum atomic E-state index is 14.4. The van der Waals surface area contributed by atoms with Crippen molar-refractivity contribution in [1.82, 2.24) is 9.79 Å². The summed E-state index contributed by atoms with van der Waals surface area (Å²) in [6.45, 7) is 0.185. The number of rotatable bonds is 9. The van der Waals surface area contributed by atoms with E-state index in [0.717, 1.165) is 0 Å². The quantitative estimate of drug-likeness (QED) is 0.107. The van der Waals surface area contributed by atoms with Crippen molar-refractivity contribution in [2.24, 2.45) is 11.5 Å². The van der Waals surface area contributed by atoms with Crippen molar-refractivity contribution in [2.75, 3.05) is 6.54 Å². The van der Waals surface area contributed by atoms with Crippen molar-refractivity contribution in [3.8, 4) is 11.5 Å². The van der Waals surface area contributed by atoms with Gasteiger partial charge in [-0.2, -0.15) is 8.42 Å². The first kappa shape index (κ1) is 25.5. The maximum absolute atomic E-state index is 14.4. The van der Waals surface area contributed by atoms with Gasteiger partial charge in [0, 0.05) is 11.0 Å². The molecule has 0 aliphatic rings. The molecule has 0 aromatic heterocycles. The Balaban J connectivity index is 2.17. The number of sulfonamides is 1. The topological polar surface area (TPSA) is 172 Å². The largest absolute Gasteiger partial charge is 0.451 e. The zero-order valence-corrected chi connectivity index (χ0v) is 18.8. The first-order valence-corrected chi connectivity index (χ1v) is 11.2. The lowest BCUT2D eigenvalue weighted by molar-refractivity contribution is -0.147. The van der Waals surface area contributed by atoms with Gasteiger partial charge in [0.2, 0.25) is 0 Å². The number of carbonyl (C=O) groups is 1. The summed E-state index contributed by atoms with van der Waals surface area (Å²) in [5.74, 6) is -5.21. The summed E-state index contributed by atoms with van der Waals surface area (Å²) in [7, 11) is -5.02. The highest BCUT2D eigenvalue weighted by atomic mass is 79.9. The van der Waals surface area contributed by atoms with Gasteiger partial charge in [-0.25, -0.2) is 8.78 Å². The number of ether oxygens (including phenoxy) is 1. The number of amides is 1. The van der Waals surface area contributed by atoms with Crippen LogP contribution in [0.4, 0.5) is 8.78 Å². The van der Waals surface area contributed by atoms with Crippen LogP contribution in [0.2, 0.25) is 0 Å². The van der Waals surface area contributed by atoms with Crippen LogP contribution >= 0.6 is 15.9 Å². The summed E-state index contributed by atoms with van der Waals surface area (Å²) in [5.41, 5.74) is 10.7. The van der Waals surface area contributed by atoms with Crippen LogP contribution < -0.4 is 21.5 Å². The third kappa shape index (κ3) is 6.35. The molecule has 32 heavy (non-hydrogen) atoms. The second kappa shape index (κ2) is 10.7. The predicted octanol–water partition coefficient (Wildman–Crippen LogP) is 2.02. The second-order valence-electron chi connectivity index (χ2n) is 6.45. The maximum Gasteiger partial charge on any atom is 0.289 e. The Morgan fingerprint density at radius 3 is 2.34 bits per heavy atom. The third-order valence-corrected chi connectivity index (χ3v) is 6.04. The van der Waals surface area contributed by atoms with Gasteiger partial charge in [0.15, 0.2) is 23.3 Å². The molecule has 2 aromatic rings. The van der Waals surface area contributed by atoms with Crippen molar-refractivity contribution in [2.45, 2.75) is 23.8 Å². The highest BCUT2D eigenvalue weighted by Crippen LogP contribution is 2.31. The van der Waals surface area contributed by atoms with E-state index in [1.807, 2.05) is 0 Å². The molecule has 7 N–H and O–H groups in total. The lowest BCUT2D eigenvalue weighted by Gasteiger charge is -2.19. The fraction of sp³-hybridized carbons (Fsp3) is 0.222. The van der Waals surface area contributed by atoms with E-state index in [2.05, 4.69) is 21.2 Å². The van der Waals surface area contributed by atoms with E-state index in [4.69, 9.17) is 21.6 Å². The van der Waals surface area contributed by atoms with Gasteiger partial charge in [-0.05, 0) is 49.2 Å². The van der Waals surface area contributed by atoms with E-state index < -0.39 is 48.7 Å². The minimum Gasteiger partial charge on any atom is -0.451 e. The molecular formula is C18H20BrF2N5O5S. The van der Waals surface area contributed by atoms with Gasteiger partial charge in [-0.3, -0.25) is 15.4 Å². The van der Waals surface area contributed by atoms with Crippen LogP contribution in [0.3, 0.4) is 0 Å². The molecule has 0 bridgehead atoms. The number of halogens is 3. The Bertz CT molecular complexity index is 1080. The van der Waals surface area contributed by atoms with Gasteiger partial charge in [0.1, 0.15) is 5.75 Å². The average Bonchev–Trinajstić information content (AvgIpc) is 2.73. The molecule has 2 aromatic carbocycles. The number of guanidine groups is 1. The minimum absolute atomic E-state index is 0.0611. The number of benzene rings is 2. The molecule has 2 rings (SSSR count). The first-order chi connectivity index (χ1) is 14.9. The summed E-state index contributed by atoms with van der Waals surface area (Å²) in [4.78, 5) is 11.1. The molecule has 0 aliphatic carbocycles. The zero-order valence-electron chi connectivity index (χ0n) is 16.4. The van der Waals surface area contributed by atoms with Crippen molar-refractivity contribution in [1.29, 1.82) is 5.41 Å². The Hall–Kier alpha value is -2.81. The number of carbonyl (C=O) groups excluding carboxylic acids is 1. The Morgan fingerprint density at radius 2 is 1.81 bits per heavy atom. The van der Waals surface area contributed by atoms with Gasteiger partial charge in [-0.1, -0.05) is 15.9 Å². The molecule has 0 radical (unpaired) electrons. The van der Waals surface area contributed by atoms with E-state index in [1.54, 1.807) is 12.1 Å². The normalized spacial score (nSPS) is 12.2. The third-order valence-electron chi connectivity index (χ3n) is 4.04. The van der Waals surface area contributed by atoms with Crippen LogP contribution in [-0.2, 0) is 14.8 Å². The van der Waals surface area contributed by atoms with E-state index in [-0.39, 0.29) is 31.1 Å². The number of hydroxylamine groups is 1. The molecule has 174 valence electrons. The van der Waals surface area contributed by atoms with E-state index in [9.17, 15) is 27.2 Å². The summed E-state index contributed by atoms with van der Waals surface area (Å²) >= 11 is 3.20. The van der Waals surface area contributed by atoms with E-state index in [0.29, 0.717) is 16.6 Å². The van der Waals surface area contributed by atoms with Crippen molar-refractivity contribution < 1.29 is 31.9 Å². The molecule has 0 saturated heterocycles. The van der Waals surface area contributed by atoms with Crippen LogP contribution in [0.1, 0.15) is 12.8 Å². The lowest BCUT2D eigenvalue weighted by atomic mass is 10.1.